The lowest BCUT2D eigenvalue weighted by atomic mass is 10.1. The van der Waals surface area contributed by atoms with Crippen LogP contribution in [-0.4, -0.2) is 35.7 Å². The summed E-state index contributed by atoms with van der Waals surface area (Å²) in [6.07, 6.45) is 0.203. The summed E-state index contributed by atoms with van der Waals surface area (Å²) < 4.78 is 24.3. The first-order valence-corrected chi connectivity index (χ1v) is 8.89. The average molecular weight is 396 g/mol. The molecule has 0 bridgehead atoms. The maximum absolute atomic E-state index is 13.7. The molecule has 1 atom stereocenters. The van der Waals surface area contributed by atoms with Gasteiger partial charge in [-0.15, -0.1) is 5.10 Å². The number of carbonyl (C=O) groups is 2. The van der Waals surface area contributed by atoms with Gasteiger partial charge in [-0.2, -0.15) is 0 Å². The maximum Gasteiger partial charge on any atom is 0.322 e. The molecule has 1 aromatic heterocycles. The number of methoxy groups -OCH3 is 1. The normalized spacial score (nSPS) is 16.1. The quantitative estimate of drug-likeness (QED) is 0.712. The average Bonchev–Trinajstić information content (AvgIpc) is 3.35. The Morgan fingerprint density at radius 1 is 1.21 bits per heavy atom. The molecule has 0 unspecified atom stereocenters. The largest absolute Gasteiger partial charge is 0.497 e. The van der Waals surface area contributed by atoms with Crippen LogP contribution in [0.3, 0.4) is 0 Å². The first-order valence-electron chi connectivity index (χ1n) is 8.89. The Hall–Kier alpha value is -3.75. The Kier molecular flexibility index (Phi) is 4.94. The second-order valence-electron chi connectivity index (χ2n) is 6.48. The van der Waals surface area contributed by atoms with E-state index < -0.39 is 11.7 Å². The maximum atomic E-state index is 13.7. The molecule has 9 heteroatoms. The van der Waals surface area contributed by atoms with Crippen molar-refractivity contribution >= 4 is 23.5 Å². The third-order valence-electron chi connectivity index (χ3n) is 4.64. The van der Waals surface area contributed by atoms with Gasteiger partial charge in [-0.1, -0.05) is 17.2 Å². The van der Waals surface area contributed by atoms with Crippen molar-refractivity contribution in [2.75, 3.05) is 23.9 Å². The summed E-state index contributed by atoms with van der Waals surface area (Å²) >= 11 is 0. The third kappa shape index (κ3) is 3.79. The smallest absolute Gasteiger partial charge is 0.322 e. The van der Waals surface area contributed by atoms with Crippen LogP contribution in [0.1, 0.15) is 28.6 Å². The van der Waals surface area contributed by atoms with E-state index in [0.717, 1.165) is 5.69 Å². The Morgan fingerprint density at radius 2 is 1.97 bits per heavy atom. The predicted molar refractivity (Wildman–Crippen MR) is 101 cm³/mol. The van der Waals surface area contributed by atoms with Gasteiger partial charge in [-0.05, 0) is 36.4 Å². The number of hydrogen-bond donors (Lipinski definition) is 1. The SMILES string of the molecule is COc1ccc(N2C[C@H](c3nnc(NC(=O)c4ccccc4F)o3)CC2=O)cc1. The molecule has 1 aliphatic rings. The van der Waals surface area contributed by atoms with E-state index in [1.807, 2.05) is 0 Å². The highest BCUT2D eigenvalue weighted by Gasteiger charge is 2.35. The van der Waals surface area contributed by atoms with Crippen LogP contribution >= 0.6 is 0 Å². The zero-order valence-electron chi connectivity index (χ0n) is 15.5. The topological polar surface area (TPSA) is 97.6 Å². The van der Waals surface area contributed by atoms with Crippen molar-refractivity contribution in [3.63, 3.8) is 0 Å². The molecule has 0 radical (unpaired) electrons. The van der Waals surface area contributed by atoms with Crippen LogP contribution in [0.15, 0.2) is 52.9 Å². The van der Waals surface area contributed by atoms with Gasteiger partial charge < -0.3 is 14.1 Å². The lowest BCUT2D eigenvalue weighted by Gasteiger charge is -2.16. The van der Waals surface area contributed by atoms with Gasteiger partial charge in [0.1, 0.15) is 11.6 Å². The standard InChI is InChI=1S/C20H17FN4O4/c1-28-14-8-6-13(7-9-14)25-11-12(10-17(25)26)19-23-24-20(29-19)22-18(27)15-4-2-3-5-16(15)21/h2-9,12H,10-11H2,1H3,(H,22,24,27)/t12-/m1/s1. The van der Waals surface area contributed by atoms with Crippen LogP contribution < -0.4 is 15.0 Å². The highest BCUT2D eigenvalue weighted by molar-refractivity contribution is 6.03. The highest BCUT2D eigenvalue weighted by atomic mass is 19.1. The molecule has 2 heterocycles. The molecule has 2 amide bonds. The Labute approximate surface area is 165 Å². The molecule has 8 nitrogen and oxygen atoms in total. The highest BCUT2D eigenvalue weighted by Crippen LogP contribution is 2.32. The third-order valence-corrected chi connectivity index (χ3v) is 4.64. The minimum atomic E-state index is -0.694. The molecule has 0 spiro atoms. The fourth-order valence-electron chi connectivity index (χ4n) is 3.14. The second kappa shape index (κ2) is 7.70. The van der Waals surface area contributed by atoms with Gasteiger partial charge in [-0.3, -0.25) is 14.9 Å². The number of rotatable bonds is 5. The van der Waals surface area contributed by atoms with E-state index >= 15 is 0 Å². The van der Waals surface area contributed by atoms with Crippen LogP contribution in [-0.2, 0) is 4.79 Å². The molecule has 4 rings (SSSR count). The molecule has 1 aliphatic heterocycles. The lowest BCUT2D eigenvalue weighted by molar-refractivity contribution is -0.117. The Balaban J connectivity index is 1.45. The molecule has 29 heavy (non-hydrogen) atoms. The van der Waals surface area contributed by atoms with Crippen molar-refractivity contribution < 1.29 is 23.1 Å². The van der Waals surface area contributed by atoms with Crippen molar-refractivity contribution in [1.29, 1.82) is 0 Å². The molecule has 2 aromatic carbocycles. The van der Waals surface area contributed by atoms with Gasteiger partial charge in [0.25, 0.3) is 5.91 Å². The van der Waals surface area contributed by atoms with Gasteiger partial charge in [-0.25, -0.2) is 4.39 Å². The summed E-state index contributed by atoms with van der Waals surface area (Å²) in [4.78, 5) is 26.2. The van der Waals surface area contributed by atoms with Crippen molar-refractivity contribution in [1.82, 2.24) is 10.2 Å². The number of halogens is 1. The van der Waals surface area contributed by atoms with Crippen LogP contribution in [0.5, 0.6) is 5.75 Å². The van der Waals surface area contributed by atoms with E-state index in [2.05, 4.69) is 15.5 Å². The molecule has 1 fully saturated rings. The van der Waals surface area contributed by atoms with E-state index in [9.17, 15) is 14.0 Å². The minimum Gasteiger partial charge on any atom is -0.497 e. The fraction of sp³-hybridized carbons (Fsp3) is 0.200. The number of hydrogen-bond acceptors (Lipinski definition) is 6. The number of nitrogens with one attached hydrogen (secondary N) is 1. The zero-order chi connectivity index (χ0) is 20.4. The lowest BCUT2D eigenvalue weighted by Crippen LogP contribution is -2.24. The molecule has 0 saturated carbocycles. The van der Waals surface area contributed by atoms with Crippen LogP contribution in [0, 0.1) is 5.82 Å². The summed E-state index contributed by atoms with van der Waals surface area (Å²) in [7, 11) is 1.57. The van der Waals surface area contributed by atoms with Gasteiger partial charge in [0, 0.05) is 18.7 Å². The number of benzene rings is 2. The van der Waals surface area contributed by atoms with Crippen LogP contribution in [0.4, 0.5) is 16.1 Å². The van der Waals surface area contributed by atoms with Crippen molar-refractivity contribution in [3.8, 4) is 5.75 Å². The van der Waals surface area contributed by atoms with Crippen molar-refractivity contribution in [3.05, 3.63) is 65.8 Å². The predicted octanol–water partition coefficient (Wildman–Crippen LogP) is 2.99. The molecule has 148 valence electrons. The van der Waals surface area contributed by atoms with Crippen LogP contribution in [0.2, 0.25) is 0 Å². The molecule has 1 saturated heterocycles. The van der Waals surface area contributed by atoms with E-state index in [-0.39, 0.29) is 35.7 Å². The summed E-state index contributed by atoms with van der Waals surface area (Å²) in [5, 5.41) is 10.1. The summed E-state index contributed by atoms with van der Waals surface area (Å²) in [6, 6.07) is 12.6. The van der Waals surface area contributed by atoms with Gasteiger partial charge in [0.05, 0.1) is 18.6 Å². The van der Waals surface area contributed by atoms with Gasteiger partial charge in [0.2, 0.25) is 11.8 Å². The Bertz CT molecular complexity index is 1050. The van der Waals surface area contributed by atoms with Gasteiger partial charge in [0.15, 0.2) is 0 Å². The van der Waals surface area contributed by atoms with E-state index in [0.29, 0.717) is 12.3 Å². The monoisotopic (exact) mass is 396 g/mol. The number of carbonyl (C=O) groups excluding carboxylic acids is 2. The van der Waals surface area contributed by atoms with Crippen molar-refractivity contribution in [2.24, 2.45) is 0 Å². The molecule has 3 aromatic rings. The van der Waals surface area contributed by atoms with E-state index in [1.54, 1.807) is 42.3 Å². The molecule has 0 aliphatic carbocycles. The molecular weight excluding hydrogens is 379 g/mol. The van der Waals surface area contributed by atoms with Crippen molar-refractivity contribution in [2.45, 2.75) is 12.3 Å². The van der Waals surface area contributed by atoms with Crippen LogP contribution in [0.25, 0.3) is 0 Å². The number of amides is 2. The minimum absolute atomic E-state index is 0.0738. The summed E-state index contributed by atoms with van der Waals surface area (Å²) in [5.41, 5.74) is 0.611. The first-order chi connectivity index (χ1) is 14.0. The number of aromatic nitrogens is 2. The summed E-state index contributed by atoms with van der Waals surface area (Å²) in [5.74, 6) is -0.796. The van der Waals surface area contributed by atoms with Gasteiger partial charge >= 0.3 is 6.01 Å². The fourth-order valence-corrected chi connectivity index (χ4v) is 3.14. The zero-order valence-corrected chi connectivity index (χ0v) is 15.5. The summed E-state index contributed by atoms with van der Waals surface area (Å²) in [6.45, 7) is 0.369. The van der Waals surface area contributed by atoms with E-state index in [1.165, 1.54) is 18.2 Å². The second-order valence-corrected chi connectivity index (χ2v) is 6.48. The number of ether oxygens (including phenoxy) is 1. The first kappa shape index (κ1) is 18.6. The Morgan fingerprint density at radius 3 is 2.69 bits per heavy atom. The molecular formula is C20H17FN4O4. The van der Waals surface area contributed by atoms with E-state index in [4.69, 9.17) is 9.15 Å². The number of anilines is 2. The number of nitrogens with zero attached hydrogens (tertiary/aromatic N) is 3. The molecule has 1 N–H and O–H groups in total.